The maximum atomic E-state index is 9.98. The van der Waals surface area contributed by atoms with Crippen LogP contribution in [0.15, 0.2) is 0 Å². The lowest BCUT2D eigenvalue weighted by Gasteiger charge is -2.02. The van der Waals surface area contributed by atoms with Crippen LogP contribution in [0.1, 0.15) is 13.8 Å². The number of hydrogen-bond acceptors (Lipinski definition) is 2. The second-order valence-electron chi connectivity index (χ2n) is 2.28. The summed E-state index contributed by atoms with van der Waals surface area (Å²) in [4.78, 5) is 9.98. The first-order chi connectivity index (χ1) is 5.16. The van der Waals surface area contributed by atoms with Crippen molar-refractivity contribution in [3.8, 4) is 11.8 Å². The summed E-state index contributed by atoms with van der Waals surface area (Å²) in [7, 11) is 0. The van der Waals surface area contributed by atoms with Crippen molar-refractivity contribution >= 4 is 5.97 Å². The van der Waals surface area contributed by atoms with Gasteiger partial charge in [-0.25, -0.2) is 4.79 Å². The summed E-state index contributed by atoms with van der Waals surface area (Å²) in [6.07, 6.45) is 0. The molecule has 11 heavy (non-hydrogen) atoms. The van der Waals surface area contributed by atoms with Crippen LogP contribution in [-0.2, 0) is 4.79 Å². The molecule has 62 valence electrons. The Morgan fingerprint density at radius 1 is 1.73 bits per heavy atom. The molecule has 0 aromatic rings. The third-order valence-electron chi connectivity index (χ3n) is 1.13. The molecule has 3 nitrogen and oxygen atoms in total. The quantitative estimate of drug-likeness (QED) is 0.577. The summed E-state index contributed by atoms with van der Waals surface area (Å²) in [5.41, 5.74) is 0. The number of carbonyl (C=O) groups is 1. The highest BCUT2D eigenvalue weighted by atomic mass is 16.4. The van der Waals surface area contributed by atoms with Gasteiger partial charge in [0.1, 0.15) is 0 Å². The predicted molar refractivity (Wildman–Crippen MR) is 43.1 cm³/mol. The third kappa shape index (κ3) is 6.88. The maximum absolute atomic E-state index is 9.98. The van der Waals surface area contributed by atoms with Crippen LogP contribution in [-0.4, -0.2) is 24.2 Å². The van der Waals surface area contributed by atoms with Crippen molar-refractivity contribution in [2.45, 2.75) is 13.8 Å². The van der Waals surface area contributed by atoms with Crippen LogP contribution < -0.4 is 5.32 Å². The molecule has 0 heterocycles. The highest BCUT2D eigenvalue weighted by molar-refractivity contribution is 5.86. The fourth-order valence-corrected chi connectivity index (χ4v) is 0.597. The van der Waals surface area contributed by atoms with Gasteiger partial charge >= 0.3 is 5.97 Å². The SMILES string of the molecule is CCNCC(C)C#CC(=O)O. The highest BCUT2D eigenvalue weighted by Gasteiger charge is 1.94. The fourth-order valence-electron chi connectivity index (χ4n) is 0.597. The summed E-state index contributed by atoms with van der Waals surface area (Å²) in [5.74, 6) is 3.73. The van der Waals surface area contributed by atoms with Crippen molar-refractivity contribution in [2.24, 2.45) is 5.92 Å². The standard InChI is InChI=1S/C8H13NO2/c1-3-9-6-7(2)4-5-8(10)11/h7,9H,3,6H2,1-2H3,(H,10,11). The van der Waals surface area contributed by atoms with Gasteiger partial charge in [-0.2, -0.15) is 0 Å². The van der Waals surface area contributed by atoms with Crippen LogP contribution in [0.2, 0.25) is 0 Å². The molecule has 0 aliphatic rings. The van der Waals surface area contributed by atoms with Crippen molar-refractivity contribution in [1.82, 2.24) is 5.32 Å². The molecule has 0 amide bonds. The maximum Gasteiger partial charge on any atom is 0.381 e. The molecule has 0 aliphatic carbocycles. The zero-order chi connectivity index (χ0) is 8.69. The Kier molecular flexibility index (Phi) is 5.22. The summed E-state index contributed by atoms with van der Waals surface area (Å²) >= 11 is 0. The second-order valence-corrected chi connectivity index (χ2v) is 2.28. The topological polar surface area (TPSA) is 49.3 Å². The number of hydrogen-bond donors (Lipinski definition) is 2. The van der Waals surface area contributed by atoms with Crippen molar-refractivity contribution in [3.05, 3.63) is 0 Å². The van der Waals surface area contributed by atoms with E-state index >= 15 is 0 Å². The van der Waals surface area contributed by atoms with Gasteiger partial charge in [0.25, 0.3) is 0 Å². The van der Waals surface area contributed by atoms with Gasteiger partial charge in [0.05, 0.1) is 0 Å². The van der Waals surface area contributed by atoms with Crippen LogP contribution in [0.3, 0.4) is 0 Å². The molecule has 2 N–H and O–H groups in total. The second kappa shape index (κ2) is 5.75. The van der Waals surface area contributed by atoms with Gasteiger partial charge in [0, 0.05) is 18.4 Å². The molecule has 0 aromatic heterocycles. The van der Waals surface area contributed by atoms with Crippen LogP contribution in [0.4, 0.5) is 0 Å². The molecule has 0 radical (unpaired) electrons. The third-order valence-corrected chi connectivity index (χ3v) is 1.13. The van der Waals surface area contributed by atoms with E-state index in [2.05, 4.69) is 17.2 Å². The molecule has 1 atom stereocenters. The predicted octanol–water partition coefficient (Wildman–Crippen LogP) is 0.320. The summed E-state index contributed by atoms with van der Waals surface area (Å²) in [5, 5.41) is 11.3. The normalized spacial score (nSPS) is 11.5. The Morgan fingerprint density at radius 3 is 2.82 bits per heavy atom. The van der Waals surface area contributed by atoms with Gasteiger partial charge in [-0.1, -0.05) is 19.8 Å². The van der Waals surface area contributed by atoms with E-state index in [1.54, 1.807) is 0 Å². The van der Waals surface area contributed by atoms with E-state index in [0.717, 1.165) is 13.1 Å². The minimum Gasteiger partial charge on any atom is -0.472 e. The van der Waals surface area contributed by atoms with Crippen LogP contribution in [0.25, 0.3) is 0 Å². The monoisotopic (exact) mass is 155 g/mol. The zero-order valence-electron chi connectivity index (χ0n) is 6.85. The van der Waals surface area contributed by atoms with E-state index in [1.165, 1.54) is 0 Å². The molecule has 0 spiro atoms. The van der Waals surface area contributed by atoms with E-state index in [-0.39, 0.29) is 5.92 Å². The van der Waals surface area contributed by atoms with Crippen LogP contribution in [0, 0.1) is 17.8 Å². The van der Waals surface area contributed by atoms with E-state index in [1.807, 2.05) is 13.8 Å². The molecular weight excluding hydrogens is 142 g/mol. The molecule has 0 aromatic carbocycles. The Hall–Kier alpha value is -1.01. The number of carboxylic acid groups (broad SMARTS) is 1. The Bertz CT molecular complexity index is 178. The van der Waals surface area contributed by atoms with Gasteiger partial charge < -0.3 is 10.4 Å². The van der Waals surface area contributed by atoms with E-state index in [4.69, 9.17) is 5.11 Å². The lowest BCUT2D eigenvalue weighted by Crippen LogP contribution is -2.19. The first-order valence-corrected chi connectivity index (χ1v) is 3.62. The minimum absolute atomic E-state index is 0.103. The summed E-state index contributed by atoms with van der Waals surface area (Å²) < 4.78 is 0. The molecule has 0 bridgehead atoms. The van der Waals surface area contributed by atoms with E-state index < -0.39 is 5.97 Å². The Labute approximate surface area is 66.8 Å². The molecule has 0 rings (SSSR count). The van der Waals surface area contributed by atoms with Crippen LogP contribution >= 0.6 is 0 Å². The Morgan fingerprint density at radius 2 is 2.36 bits per heavy atom. The molecular formula is C8H13NO2. The number of aliphatic carboxylic acids is 1. The first kappa shape index (κ1) is 9.99. The minimum atomic E-state index is -1.06. The highest BCUT2D eigenvalue weighted by Crippen LogP contribution is 1.87. The fraction of sp³-hybridized carbons (Fsp3) is 0.625. The van der Waals surface area contributed by atoms with Gasteiger partial charge in [0.2, 0.25) is 0 Å². The lowest BCUT2D eigenvalue weighted by molar-refractivity contribution is -0.130. The Balaban J connectivity index is 3.61. The van der Waals surface area contributed by atoms with Gasteiger partial charge in [-0.3, -0.25) is 0 Å². The molecule has 0 saturated carbocycles. The molecule has 0 fully saturated rings. The van der Waals surface area contributed by atoms with E-state index in [9.17, 15) is 4.79 Å². The average Bonchev–Trinajstić information content (AvgIpc) is 1.97. The summed E-state index contributed by atoms with van der Waals surface area (Å²) in [6, 6.07) is 0. The lowest BCUT2D eigenvalue weighted by atomic mass is 10.2. The average molecular weight is 155 g/mol. The van der Waals surface area contributed by atoms with Gasteiger partial charge in [-0.15, -0.1) is 0 Å². The smallest absolute Gasteiger partial charge is 0.381 e. The van der Waals surface area contributed by atoms with Crippen molar-refractivity contribution < 1.29 is 9.90 Å². The van der Waals surface area contributed by atoms with Crippen molar-refractivity contribution in [3.63, 3.8) is 0 Å². The van der Waals surface area contributed by atoms with Gasteiger partial charge in [0.15, 0.2) is 0 Å². The van der Waals surface area contributed by atoms with Crippen LogP contribution in [0.5, 0.6) is 0 Å². The number of rotatable bonds is 3. The molecule has 0 aliphatic heterocycles. The van der Waals surface area contributed by atoms with Gasteiger partial charge in [-0.05, 0) is 6.54 Å². The molecule has 1 unspecified atom stereocenters. The number of nitrogens with one attached hydrogen (secondary N) is 1. The molecule has 0 saturated heterocycles. The van der Waals surface area contributed by atoms with Crippen molar-refractivity contribution in [2.75, 3.05) is 13.1 Å². The zero-order valence-corrected chi connectivity index (χ0v) is 6.85. The summed E-state index contributed by atoms with van der Waals surface area (Å²) in [6.45, 7) is 5.52. The number of carboxylic acids is 1. The first-order valence-electron chi connectivity index (χ1n) is 3.62. The molecule has 3 heteroatoms. The van der Waals surface area contributed by atoms with Crippen molar-refractivity contribution in [1.29, 1.82) is 0 Å². The largest absolute Gasteiger partial charge is 0.472 e. The van der Waals surface area contributed by atoms with E-state index in [0.29, 0.717) is 0 Å².